The third kappa shape index (κ3) is 4.64. The van der Waals surface area contributed by atoms with Crippen molar-refractivity contribution < 1.29 is 9.18 Å². The molecule has 0 unspecified atom stereocenters. The van der Waals surface area contributed by atoms with E-state index in [0.717, 1.165) is 0 Å². The van der Waals surface area contributed by atoms with E-state index in [1.54, 1.807) is 29.8 Å². The van der Waals surface area contributed by atoms with Crippen LogP contribution in [0.3, 0.4) is 0 Å². The average molecular weight is 438 g/mol. The van der Waals surface area contributed by atoms with E-state index in [2.05, 4.69) is 25.5 Å². The Morgan fingerprint density at radius 1 is 1.19 bits per heavy atom. The topological polar surface area (TPSA) is 106 Å². The molecule has 0 aliphatic carbocycles. The molecule has 0 radical (unpaired) electrons. The fraction of sp³-hybridized carbons (Fsp3) is 0.190. The minimum Gasteiger partial charge on any atom is -0.326 e. The highest BCUT2D eigenvalue weighted by Gasteiger charge is 2.18. The maximum absolute atomic E-state index is 13.0. The third-order valence-electron chi connectivity index (χ3n) is 4.67. The van der Waals surface area contributed by atoms with Gasteiger partial charge in [-0.1, -0.05) is 23.9 Å². The van der Waals surface area contributed by atoms with Crippen molar-refractivity contribution in [3.63, 3.8) is 0 Å². The SMILES string of the molecule is C[C@H](Sc1nnc(CC(=O)Nc2ccc(F)cc2)n1C)c1nc2ccccc2c(=O)[nH]1. The molecular formula is C21H19FN6O2S. The minimum atomic E-state index is -0.371. The largest absolute Gasteiger partial charge is 0.326 e. The van der Waals surface area contributed by atoms with Crippen LogP contribution in [0.25, 0.3) is 10.9 Å². The van der Waals surface area contributed by atoms with E-state index < -0.39 is 0 Å². The summed E-state index contributed by atoms with van der Waals surface area (Å²) in [5, 5.41) is 11.9. The number of amides is 1. The van der Waals surface area contributed by atoms with E-state index in [9.17, 15) is 14.0 Å². The molecule has 2 aromatic heterocycles. The number of carbonyl (C=O) groups excluding carboxylic acids is 1. The van der Waals surface area contributed by atoms with Crippen LogP contribution in [0.1, 0.15) is 23.8 Å². The summed E-state index contributed by atoms with van der Waals surface area (Å²) in [6.07, 6.45) is 0.0148. The smallest absolute Gasteiger partial charge is 0.258 e. The number of thioether (sulfide) groups is 1. The minimum absolute atomic E-state index is 0.0148. The van der Waals surface area contributed by atoms with Gasteiger partial charge in [0.1, 0.15) is 17.5 Å². The molecule has 0 bridgehead atoms. The van der Waals surface area contributed by atoms with Gasteiger partial charge in [0.2, 0.25) is 5.91 Å². The highest BCUT2D eigenvalue weighted by molar-refractivity contribution is 7.99. The van der Waals surface area contributed by atoms with Crippen LogP contribution in [0.4, 0.5) is 10.1 Å². The van der Waals surface area contributed by atoms with Crippen LogP contribution >= 0.6 is 11.8 Å². The summed E-state index contributed by atoms with van der Waals surface area (Å²) in [4.78, 5) is 32.0. The van der Waals surface area contributed by atoms with Crippen molar-refractivity contribution in [1.82, 2.24) is 24.7 Å². The zero-order valence-electron chi connectivity index (χ0n) is 16.8. The zero-order chi connectivity index (χ0) is 22.0. The summed E-state index contributed by atoms with van der Waals surface area (Å²) >= 11 is 1.38. The number of carbonyl (C=O) groups is 1. The third-order valence-corrected chi connectivity index (χ3v) is 5.81. The number of benzene rings is 2. The number of rotatable bonds is 6. The molecule has 4 aromatic rings. The normalized spacial score (nSPS) is 12.1. The summed E-state index contributed by atoms with van der Waals surface area (Å²) in [7, 11) is 1.77. The van der Waals surface area contributed by atoms with Crippen molar-refractivity contribution in [1.29, 1.82) is 0 Å². The highest BCUT2D eigenvalue weighted by Crippen LogP contribution is 2.31. The summed E-state index contributed by atoms with van der Waals surface area (Å²) in [6.45, 7) is 1.91. The van der Waals surface area contributed by atoms with Crippen LogP contribution in [0.2, 0.25) is 0 Å². The quantitative estimate of drug-likeness (QED) is 0.448. The highest BCUT2D eigenvalue weighted by atomic mass is 32.2. The van der Waals surface area contributed by atoms with Gasteiger partial charge in [-0.2, -0.15) is 0 Å². The molecule has 10 heteroatoms. The predicted octanol–water partition coefficient (Wildman–Crippen LogP) is 3.23. The number of hydrogen-bond donors (Lipinski definition) is 2. The lowest BCUT2D eigenvalue weighted by atomic mass is 10.2. The number of nitrogens with zero attached hydrogens (tertiary/aromatic N) is 4. The van der Waals surface area contributed by atoms with Crippen LogP contribution in [-0.2, 0) is 18.3 Å². The molecule has 31 heavy (non-hydrogen) atoms. The number of aromatic nitrogens is 5. The van der Waals surface area contributed by atoms with E-state index in [1.807, 2.05) is 13.0 Å². The lowest BCUT2D eigenvalue weighted by molar-refractivity contribution is -0.115. The van der Waals surface area contributed by atoms with E-state index >= 15 is 0 Å². The Balaban J connectivity index is 1.46. The Kier molecular flexibility index (Phi) is 5.81. The Labute approximate surface area is 180 Å². The van der Waals surface area contributed by atoms with Gasteiger partial charge >= 0.3 is 0 Å². The summed E-state index contributed by atoms with van der Waals surface area (Å²) < 4.78 is 14.7. The molecule has 0 aliphatic rings. The second-order valence-electron chi connectivity index (χ2n) is 6.92. The van der Waals surface area contributed by atoms with Gasteiger partial charge in [0.15, 0.2) is 5.16 Å². The number of para-hydroxylation sites is 1. The fourth-order valence-electron chi connectivity index (χ4n) is 2.99. The number of halogens is 1. The number of anilines is 1. The maximum Gasteiger partial charge on any atom is 0.258 e. The first kappa shape index (κ1) is 20.7. The van der Waals surface area contributed by atoms with Gasteiger partial charge in [-0.3, -0.25) is 9.59 Å². The summed E-state index contributed by atoms with van der Waals surface area (Å²) in [5.74, 6) is 0.359. The van der Waals surface area contributed by atoms with Crippen LogP contribution in [0, 0.1) is 5.82 Å². The van der Waals surface area contributed by atoms with Crippen LogP contribution in [0.5, 0.6) is 0 Å². The van der Waals surface area contributed by atoms with Crippen molar-refractivity contribution in [2.75, 3.05) is 5.32 Å². The lowest BCUT2D eigenvalue weighted by Gasteiger charge is -2.11. The summed E-state index contributed by atoms with van der Waals surface area (Å²) in [5.41, 5.74) is 0.942. The van der Waals surface area contributed by atoms with Gasteiger partial charge in [-0.15, -0.1) is 10.2 Å². The Bertz CT molecular complexity index is 1300. The molecule has 8 nitrogen and oxygen atoms in total. The molecule has 158 valence electrons. The van der Waals surface area contributed by atoms with Crippen LogP contribution in [0.15, 0.2) is 58.5 Å². The maximum atomic E-state index is 13.0. The molecule has 2 aromatic carbocycles. The zero-order valence-corrected chi connectivity index (χ0v) is 17.6. The first-order chi connectivity index (χ1) is 14.9. The molecule has 0 aliphatic heterocycles. The first-order valence-corrected chi connectivity index (χ1v) is 10.4. The van der Waals surface area contributed by atoms with Crippen molar-refractivity contribution >= 4 is 34.3 Å². The van der Waals surface area contributed by atoms with Gasteiger partial charge in [-0.05, 0) is 43.3 Å². The number of hydrogen-bond acceptors (Lipinski definition) is 6. The number of H-pyrrole nitrogens is 1. The number of nitrogens with one attached hydrogen (secondary N) is 2. The van der Waals surface area contributed by atoms with Crippen LogP contribution in [-0.4, -0.2) is 30.6 Å². The molecule has 2 N–H and O–H groups in total. The number of aromatic amines is 1. The number of fused-ring (bicyclic) bond motifs is 1. The van der Waals surface area contributed by atoms with Gasteiger partial charge < -0.3 is 14.9 Å². The molecule has 4 rings (SSSR count). The first-order valence-electron chi connectivity index (χ1n) is 9.50. The molecular weight excluding hydrogens is 419 g/mol. The molecule has 2 heterocycles. The second-order valence-corrected chi connectivity index (χ2v) is 8.23. The molecule has 0 saturated heterocycles. The van der Waals surface area contributed by atoms with Gasteiger partial charge in [0.25, 0.3) is 5.56 Å². The fourth-order valence-corrected chi connectivity index (χ4v) is 3.89. The second kappa shape index (κ2) is 8.68. The van der Waals surface area contributed by atoms with E-state index in [-0.39, 0.29) is 29.0 Å². The Morgan fingerprint density at radius 3 is 2.71 bits per heavy atom. The van der Waals surface area contributed by atoms with Gasteiger partial charge in [0.05, 0.1) is 22.6 Å². The molecule has 1 amide bonds. The standard InChI is InChI=1S/C21H19FN6O2S/c1-12(19-24-16-6-4-3-5-15(16)20(30)25-19)31-21-27-26-17(28(21)2)11-18(29)23-14-9-7-13(22)8-10-14/h3-10,12H,11H2,1-2H3,(H,23,29)(H,24,25,30)/t12-/m0/s1. The van der Waals surface area contributed by atoms with Gasteiger partial charge in [0, 0.05) is 12.7 Å². The molecule has 0 saturated carbocycles. The molecule has 1 atom stereocenters. The van der Waals surface area contributed by atoms with Crippen molar-refractivity contribution in [3.05, 3.63) is 76.4 Å². The molecule has 0 spiro atoms. The van der Waals surface area contributed by atoms with E-state index in [1.165, 1.54) is 36.0 Å². The van der Waals surface area contributed by atoms with Crippen LogP contribution < -0.4 is 10.9 Å². The monoisotopic (exact) mass is 438 g/mol. The van der Waals surface area contributed by atoms with E-state index in [4.69, 9.17) is 0 Å². The Hall–Kier alpha value is -3.53. The van der Waals surface area contributed by atoms with Crippen molar-refractivity contribution in [3.8, 4) is 0 Å². The van der Waals surface area contributed by atoms with Crippen molar-refractivity contribution in [2.24, 2.45) is 7.05 Å². The van der Waals surface area contributed by atoms with Gasteiger partial charge in [-0.25, -0.2) is 9.37 Å². The average Bonchev–Trinajstić information content (AvgIpc) is 3.09. The van der Waals surface area contributed by atoms with Crippen molar-refractivity contribution in [2.45, 2.75) is 23.8 Å². The lowest BCUT2D eigenvalue weighted by Crippen LogP contribution is -2.17. The molecule has 0 fully saturated rings. The van der Waals surface area contributed by atoms with E-state index in [0.29, 0.717) is 33.4 Å². The summed E-state index contributed by atoms with van der Waals surface area (Å²) in [6, 6.07) is 12.7. The predicted molar refractivity (Wildman–Crippen MR) is 116 cm³/mol. The Morgan fingerprint density at radius 2 is 1.94 bits per heavy atom.